The fraction of sp³-hybridized carbons (Fsp3) is 0.750. The first-order chi connectivity index (χ1) is 19.7. The summed E-state index contributed by atoms with van der Waals surface area (Å²) in [4.78, 5) is 29.7. The number of carbonyl (C=O) groups excluding carboxylic acids is 2. The molecule has 0 radical (unpaired) electrons. The summed E-state index contributed by atoms with van der Waals surface area (Å²) in [5.41, 5.74) is 3.38. The summed E-state index contributed by atoms with van der Waals surface area (Å²) in [5, 5.41) is 10.4. The maximum absolute atomic E-state index is 14.0. The van der Waals surface area contributed by atoms with E-state index < -0.39 is 37.9 Å². The van der Waals surface area contributed by atoms with E-state index in [1.54, 1.807) is 0 Å². The predicted octanol–water partition coefficient (Wildman–Crippen LogP) is 6.57. The van der Waals surface area contributed by atoms with Gasteiger partial charge in [-0.15, -0.1) is 0 Å². The zero-order valence-corrected chi connectivity index (χ0v) is 28.9. The van der Waals surface area contributed by atoms with Gasteiger partial charge in [0.05, 0.1) is 29.4 Å². The monoisotopic (exact) mass is 595 g/mol. The van der Waals surface area contributed by atoms with E-state index in [4.69, 9.17) is 15.2 Å². The quantitative estimate of drug-likeness (QED) is 0.243. The zero-order chi connectivity index (χ0) is 32.9. The normalized spacial score (nSPS) is 29.3. The molecule has 2 N–H and O–H groups in total. The van der Waals surface area contributed by atoms with Gasteiger partial charge >= 0.3 is 11.9 Å². The fourth-order valence-corrected chi connectivity index (χ4v) is 8.98. The van der Waals surface area contributed by atoms with Gasteiger partial charge in [0.15, 0.2) is 0 Å². The molecule has 0 amide bonds. The first-order valence-corrected chi connectivity index (χ1v) is 15.8. The summed E-state index contributed by atoms with van der Waals surface area (Å²) in [5.74, 6) is -0.552. The van der Waals surface area contributed by atoms with Crippen LogP contribution in [-0.4, -0.2) is 57.2 Å². The lowest BCUT2D eigenvalue weighted by Gasteiger charge is -2.53. The number of nitriles is 1. The van der Waals surface area contributed by atoms with Gasteiger partial charge in [-0.3, -0.25) is 9.59 Å². The molecule has 2 fully saturated rings. The first kappa shape index (κ1) is 35.1. The molecule has 2 aliphatic rings. The van der Waals surface area contributed by atoms with Crippen LogP contribution in [-0.2, 0) is 19.1 Å². The average molecular weight is 596 g/mol. The van der Waals surface area contributed by atoms with Crippen molar-refractivity contribution >= 4 is 11.9 Å². The molecular formula is C36H57N3O4. The van der Waals surface area contributed by atoms with Gasteiger partial charge in [0.1, 0.15) is 6.61 Å². The van der Waals surface area contributed by atoms with Crippen molar-refractivity contribution in [2.24, 2.45) is 43.6 Å². The smallest absolute Gasteiger partial charge is 0.314 e. The number of hydrogen-bond donors (Lipinski definition) is 1. The van der Waals surface area contributed by atoms with E-state index in [0.717, 1.165) is 12.0 Å². The van der Waals surface area contributed by atoms with Gasteiger partial charge in [0.2, 0.25) is 0 Å². The highest BCUT2D eigenvalue weighted by molar-refractivity contribution is 5.86. The van der Waals surface area contributed by atoms with E-state index in [0.29, 0.717) is 32.4 Å². The maximum Gasteiger partial charge on any atom is 0.314 e. The Morgan fingerprint density at radius 1 is 1.09 bits per heavy atom. The fourth-order valence-electron chi connectivity index (χ4n) is 8.98. The summed E-state index contributed by atoms with van der Waals surface area (Å²) in [6, 6.07) is 12.7. The van der Waals surface area contributed by atoms with E-state index >= 15 is 0 Å². The van der Waals surface area contributed by atoms with Crippen molar-refractivity contribution in [2.45, 2.75) is 100.0 Å². The molecule has 0 saturated heterocycles. The Kier molecular flexibility index (Phi) is 9.37. The molecule has 7 nitrogen and oxygen atoms in total. The van der Waals surface area contributed by atoms with Gasteiger partial charge < -0.3 is 20.1 Å². The number of rotatable bonds is 14. The number of ether oxygens (including phenoxy) is 2. The molecule has 7 heteroatoms. The van der Waals surface area contributed by atoms with Gasteiger partial charge in [-0.05, 0) is 86.8 Å². The van der Waals surface area contributed by atoms with Gasteiger partial charge in [0.25, 0.3) is 0 Å². The molecule has 43 heavy (non-hydrogen) atoms. The molecular weight excluding hydrogens is 538 g/mol. The number of likely N-dealkylation sites (N-methyl/N-ethyl adjacent to an activating group) is 1. The molecule has 6 atom stereocenters. The SMILES string of the molecule is CCC(C)(C(c1ccccc1)C(C)(C)CC1(C(=O)OC)CC1(C)C(C)(C)C1(C(=O)OCCN(C)C)CC1N)C(C)(C)C#N. The highest BCUT2D eigenvalue weighted by Crippen LogP contribution is 2.82. The van der Waals surface area contributed by atoms with E-state index in [1.807, 2.05) is 38.9 Å². The Morgan fingerprint density at radius 3 is 2.09 bits per heavy atom. The van der Waals surface area contributed by atoms with Crippen LogP contribution in [0.4, 0.5) is 0 Å². The molecule has 240 valence electrons. The maximum atomic E-state index is 14.0. The van der Waals surface area contributed by atoms with Crippen molar-refractivity contribution in [3.8, 4) is 6.07 Å². The molecule has 0 bridgehead atoms. The third-order valence-electron chi connectivity index (χ3n) is 12.6. The minimum Gasteiger partial charge on any atom is -0.469 e. The van der Waals surface area contributed by atoms with Crippen molar-refractivity contribution in [3.63, 3.8) is 0 Å². The summed E-state index contributed by atoms with van der Waals surface area (Å²) in [7, 11) is 5.34. The molecule has 0 aliphatic heterocycles. The van der Waals surface area contributed by atoms with Crippen LogP contribution in [0.15, 0.2) is 30.3 Å². The van der Waals surface area contributed by atoms with Crippen LogP contribution < -0.4 is 5.73 Å². The molecule has 2 saturated carbocycles. The van der Waals surface area contributed by atoms with Crippen LogP contribution in [0.2, 0.25) is 0 Å². The number of hydrogen-bond acceptors (Lipinski definition) is 7. The molecule has 6 unspecified atom stereocenters. The minimum atomic E-state index is -0.868. The molecule has 3 rings (SSSR count). The van der Waals surface area contributed by atoms with E-state index in [2.05, 4.69) is 78.8 Å². The zero-order valence-electron chi connectivity index (χ0n) is 28.9. The summed E-state index contributed by atoms with van der Waals surface area (Å²) in [6.07, 6.45) is 2.47. The number of nitrogens with zero attached hydrogens (tertiary/aromatic N) is 2. The summed E-state index contributed by atoms with van der Waals surface area (Å²) >= 11 is 0. The summed E-state index contributed by atoms with van der Waals surface area (Å²) < 4.78 is 11.4. The van der Waals surface area contributed by atoms with E-state index in [9.17, 15) is 14.9 Å². The Bertz CT molecular complexity index is 1230. The molecule has 1 aromatic carbocycles. The standard InChI is InChI=1S/C36H57N3O4/c1-13-33(8,31(4,5)24-37)27(25-17-15-14-16-18-25)30(2,3)22-35(28(40)42-12)23-34(35,9)32(6,7)36(21-26(36)38)29(41)43-20-19-39(10)11/h14-18,26-27H,13,19-23,38H2,1-12H3. The van der Waals surface area contributed by atoms with Gasteiger partial charge in [-0.2, -0.15) is 5.26 Å². The van der Waals surface area contributed by atoms with Crippen LogP contribution in [0.3, 0.4) is 0 Å². The molecule has 0 heterocycles. The van der Waals surface area contributed by atoms with Crippen molar-refractivity contribution in [1.29, 1.82) is 5.26 Å². The topological polar surface area (TPSA) is 106 Å². The van der Waals surface area contributed by atoms with Crippen LogP contribution >= 0.6 is 0 Å². The molecule has 2 aliphatic carbocycles. The lowest BCUT2D eigenvalue weighted by Crippen LogP contribution is -2.49. The number of carbonyl (C=O) groups is 2. The van der Waals surface area contributed by atoms with Gasteiger partial charge in [-0.25, -0.2) is 0 Å². The molecule has 0 spiro atoms. The third kappa shape index (κ3) is 5.31. The highest BCUT2D eigenvalue weighted by atomic mass is 16.5. The Labute approximate surface area is 260 Å². The van der Waals surface area contributed by atoms with Crippen molar-refractivity contribution in [3.05, 3.63) is 35.9 Å². The molecule has 1 aromatic rings. The summed E-state index contributed by atoms with van der Waals surface area (Å²) in [6.45, 7) is 20.2. The molecule has 0 aromatic heterocycles. The van der Waals surface area contributed by atoms with E-state index in [-0.39, 0.29) is 23.9 Å². The second-order valence-electron chi connectivity index (χ2n) is 15.9. The van der Waals surface area contributed by atoms with Crippen LogP contribution in [0, 0.1) is 49.2 Å². The van der Waals surface area contributed by atoms with Crippen LogP contribution in [0.25, 0.3) is 0 Å². The Balaban J connectivity index is 2.11. The largest absolute Gasteiger partial charge is 0.469 e. The van der Waals surface area contributed by atoms with Gasteiger partial charge in [0, 0.05) is 12.6 Å². The average Bonchev–Trinajstić information content (AvgIpc) is 3.81. The van der Waals surface area contributed by atoms with E-state index in [1.165, 1.54) is 7.11 Å². The third-order valence-corrected chi connectivity index (χ3v) is 12.6. The van der Waals surface area contributed by atoms with Crippen molar-refractivity contribution in [2.75, 3.05) is 34.4 Å². The van der Waals surface area contributed by atoms with Crippen LogP contribution in [0.5, 0.6) is 0 Å². The lowest BCUT2D eigenvalue weighted by molar-refractivity contribution is -0.163. The van der Waals surface area contributed by atoms with Gasteiger partial charge in [-0.1, -0.05) is 78.8 Å². The number of esters is 2. The predicted molar refractivity (Wildman–Crippen MR) is 171 cm³/mol. The Hall–Kier alpha value is -2.43. The number of benzene rings is 1. The van der Waals surface area contributed by atoms with Crippen molar-refractivity contribution in [1.82, 2.24) is 4.90 Å². The highest BCUT2D eigenvalue weighted by Gasteiger charge is 2.83. The van der Waals surface area contributed by atoms with Crippen molar-refractivity contribution < 1.29 is 19.1 Å². The first-order valence-electron chi connectivity index (χ1n) is 15.8. The number of nitrogens with two attached hydrogens (primary N) is 1. The minimum absolute atomic E-state index is 0.0384. The second-order valence-corrected chi connectivity index (χ2v) is 15.9. The Morgan fingerprint density at radius 2 is 1.65 bits per heavy atom. The van der Waals surface area contributed by atoms with Crippen LogP contribution in [0.1, 0.15) is 99.5 Å². The second kappa shape index (κ2) is 11.5. The lowest BCUT2D eigenvalue weighted by atomic mass is 9.49. The number of methoxy groups -OCH3 is 1.